The Balaban J connectivity index is 2.04. The molecule has 0 unspecified atom stereocenters. The highest BCUT2D eigenvalue weighted by Gasteiger charge is 2.14. The number of urea groups is 1. The number of carboxylic acid groups (broad SMARTS) is 1. The monoisotopic (exact) mass is 275 g/mol. The first kappa shape index (κ1) is 13.6. The Labute approximate surface area is 114 Å². The molecule has 0 aliphatic rings. The number of carbonyl (C=O) groups excluding carboxylic acids is 1. The van der Waals surface area contributed by atoms with E-state index in [1.165, 1.54) is 12.3 Å². The summed E-state index contributed by atoms with van der Waals surface area (Å²) in [6.07, 6.45) is 1.40. The van der Waals surface area contributed by atoms with Crippen molar-refractivity contribution in [3.05, 3.63) is 47.3 Å². The molecule has 2 aromatic rings. The molecule has 0 spiro atoms. The predicted molar refractivity (Wildman–Crippen MR) is 70.5 cm³/mol. The van der Waals surface area contributed by atoms with Crippen molar-refractivity contribution in [2.75, 3.05) is 5.32 Å². The van der Waals surface area contributed by atoms with Gasteiger partial charge in [-0.1, -0.05) is 17.3 Å². The average Bonchev–Trinajstić information content (AvgIpc) is 2.89. The standard InChI is InChI=1S/C13H13N3O4/c1-8-3-2-4-10(11(8)12(17)18)15-13(19)14-7-9-5-6-20-16-9/h2-6H,7H2,1H3,(H,17,18)(H2,14,15,19). The number of aryl methyl sites for hydroxylation is 1. The van der Waals surface area contributed by atoms with E-state index in [0.717, 1.165) is 0 Å². The molecule has 0 bridgehead atoms. The third kappa shape index (κ3) is 3.14. The lowest BCUT2D eigenvalue weighted by atomic mass is 10.1. The molecule has 0 atom stereocenters. The van der Waals surface area contributed by atoms with Crippen molar-refractivity contribution in [3.63, 3.8) is 0 Å². The fourth-order valence-electron chi connectivity index (χ4n) is 1.72. The SMILES string of the molecule is Cc1cccc(NC(=O)NCc2ccon2)c1C(=O)O. The van der Waals surface area contributed by atoms with E-state index in [2.05, 4.69) is 20.3 Å². The van der Waals surface area contributed by atoms with Crippen LogP contribution in [0.15, 0.2) is 35.1 Å². The quantitative estimate of drug-likeness (QED) is 0.791. The average molecular weight is 275 g/mol. The number of aromatic carboxylic acids is 1. The molecule has 0 aliphatic carbocycles. The van der Waals surface area contributed by atoms with Crippen molar-refractivity contribution in [1.82, 2.24) is 10.5 Å². The van der Waals surface area contributed by atoms with Crippen molar-refractivity contribution < 1.29 is 19.2 Å². The second-order valence-corrected chi connectivity index (χ2v) is 4.10. The minimum atomic E-state index is -1.09. The molecule has 0 fully saturated rings. The lowest BCUT2D eigenvalue weighted by Crippen LogP contribution is -2.29. The van der Waals surface area contributed by atoms with E-state index >= 15 is 0 Å². The van der Waals surface area contributed by atoms with Crippen LogP contribution in [0.3, 0.4) is 0 Å². The van der Waals surface area contributed by atoms with Crippen molar-refractivity contribution in [2.45, 2.75) is 13.5 Å². The second-order valence-electron chi connectivity index (χ2n) is 4.10. The van der Waals surface area contributed by atoms with E-state index in [1.54, 1.807) is 25.1 Å². The first-order valence-electron chi connectivity index (χ1n) is 5.85. The van der Waals surface area contributed by atoms with Crippen molar-refractivity contribution in [2.24, 2.45) is 0 Å². The maximum absolute atomic E-state index is 11.7. The van der Waals surface area contributed by atoms with Gasteiger partial charge in [-0.15, -0.1) is 0 Å². The molecule has 2 amide bonds. The van der Waals surface area contributed by atoms with Gasteiger partial charge in [-0.25, -0.2) is 9.59 Å². The van der Waals surface area contributed by atoms with Gasteiger partial charge < -0.3 is 20.3 Å². The van der Waals surface area contributed by atoms with E-state index in [1.807, 2.05) is 0 Å². The van der Waals surface area contributed by atoms with Crippen LogP contribution < -0.4 is 10.6 Å². The fourth-order valence-corrected chi connectivity index (χ4v) is 1.72. The third-order valence-electron chi connectivity index (χ3n) is 2.66. The maximum Gasteiger partial charge on any atom is 0.338 e. The zero-order valence-electron chi connectivity index (χ0n) is 10.7. The van der Waals surface area contributed by atoms with Crippen LogP contribution in [0.2, 0.25) is 0 Å². The molecule has 1 aromatic heterocycles. The van der Waals surface area contributed by atoms with E-state index in [0.29, 0.717) is 11.3 Å². The largest absolute Gasteiger partial charge is 0.478 e. The zero-order chi connectivity index (χ0) is 14.5. The first-order valence-corrected chi connectivity index (χ1v) is 5.85. The van der Waals surface area contributed by atoms with Gasteiger partial charge in [-0.3, -0.25) is 0 Å². The summed E-state index contributed by atoms with van der Waals surface area (Å²) in [7, 11) is 0. The van der Waals surface area contributed by atoms with Gasteiger partial charge in [0.15, 0.2) is 0 Å². The fraction of sp³-hybridized carbons (Fsp3) is 0.154. The summed E-state index contributed by atoms with van der Waals surface area (Å²) in [4.78, 5) is 22.9. The molecule has 1 aromatic carbocycles. The van der Waals surface area contributed by atoms with E-state index < -0.39 is 12.0 Å². The van der Waals surface area contributed by atoms with Gasteiger partial charge in [-0.2, -0.15) is 0 Å². The number of anilines is 1. The highest BCUT2D eigenvalue weighted by Crippen LogP contribution is 2.19. The summed E-state index contributed by atoms with van der Waals surface area (Å²) in [6.45, 7) is 1.86. The van der Waals surface area contributed by atoms with Crippen LogP contribution in [0.4, 0.5) is 10.5 Å². The van der Waals surface area contributed by atoms with Crippen LogP contribution >= 0.6 is 0 Å². The number of hydrogen-bond donors (Lipinski definition) is 3. The zero-order valence-corrected chi connectivity index (χ0v) is 10.7. The number of rotatable bonds is 4. The summed E-state index contributed by atoms with van der Waals surface area (Å²) in [5, 5.41) is 17.8. The summed E-state index contributed by atoms with van der Waals surface area (Å²) in [5.74, 6) is -1.09. The topological polar surface area (TPSA) is 104 Å². The van der Waals surface area contributed by atoms with Crippen molar-refractivity contribution in [1.29, 1.82) is 0 Å². The minimum Gasteiger partial charge on any atom is -0.478 e. The van der Waals surface area contributed by atoms with E-state index in [9.17, 15) is 9.59 Å². The Kier molecular flexibility index (Phi) is 3.99. The number of carboxylic acids is 1. The smallest absolute Gasteiger partial charge is 0.338 e. The Bertz CT molecular complexity index is 623. The molecule has 0 saturated heterocycles. The molecule has 0 radical (unpaired) electrons. The maximum atomic E-state index is 11.7. The normalized spacial score (nSPS) is 10.1. The lowest BCUT2D eigenvalue weighted by Gasteiger charge is -2.10. The molecular formula is C13H13N3O4. The third-order valence-corrected chi connectivity index (χ3v) is 2.66. The number of aromatic nitrogens is 1. The molecule has 1 heterocycles. The highest BCUT2D eigenvalue weighted by atomic mass is 16.5. The van der Waals surface area contributed by atoms with Crippen LogP contribution in [0.5, 0.6) is 0 Å². The number of nitrogens with zero attached hydrogens (tertiary/aromatic N) is 1. The van der Waals surface area contributed by atoms with Crippen molar-refractivity contribution in [3.8, 4) is 0 Å². The first-order chi connectivity index (χ1) is 9.58. The molecule has 3 N–H and O–H groups in total. The Morgan fingerprint density at radius 3 is 2.80 bits per heavy atom. The number of carbonyl (C=O) groups is 2. The Morgan fingerprint density at radius 1 is 1.35 bits per heavy atom. The predicted octanol–water partition coefficient (Wildman–Crippen LogP) is 2.00. The Morgan fingerprint density at radius 2 is 2.15 bits per heavy atom. The summed E-state index contributed by atoms with van der Waals surface area (Å²) in [5.41, 5.74) is 1.47. The number of benzene rings is 1. The summed E-state index contributed by atoms with van der Waals surface area (Å²) >= 11 is 0. The number of nitrogens with one attached hydrogen (secondary N) is 2. The molecule has 2 rings (SSSR count). The molecule has 0 aliphatic heterocycles. The van der Waals surface area contributed by atoms with Crippen LogP contribution in [-0.4, -0.2) is 22.3 Å². The van der Waals surface area contributed by atoms with Gasteiger partial charge in [0.25, 0.3) is 0 Å². The van der Waals surface area contributed by atoms with E-state index in [4.69, 9.17) is 5.11 Å². The molecule has 0 saturated carbocycles. The van der Waals surface area contributed by atoms with Gasteiger partial charge in [0.1, 0.15) is 12.0 Å². The summed E-state index contributed by atoms with van der Waals surface area (Å²) in [6, 6.07) is 5.99. The van der Waals surface area contributed by atoms with Gasteiger partial charge in [0.2, 0.25) is 0 Å². The number of hydrogen-bond acceptors (Lipinski definition) is 4. The van der Waals surface area contributed by atoms with Gasteiger partial charge in [0.05, 0.1) is 17.8 Å². The van der Waals surface area contributed by atoms with Crippen LogP contribution in [0, 0.1) is 6.92 Å². The Hall–Kier alpha value is -2.83. The molecule has 7 nitrogen and oxygen atoms in total. The molecule has 7 heteroatoms. The molecular weight excluding hydrogens is 262 g/mol. The molecule has 20 heavy (non-hydrogen) atoms. The van der Waals surface area contributed by atoms with Gasteiger partial charge in [0, 0.05) is 6.07 Å². The van der Waals surface area contributed by atoms with Gasteiger partial charge >= 0.3 is 12.0 Å². The second kappa shape index (κ2) is 5.87. The number of amides is 2. The van der Waals surface area contributed by atoms with Gasteiger partial charge in [-0.05, 0) is 18.6 Å². The summed E-state index contributed by atoms with van der Waals surface area (Å²) < 4.78 is 4.63. The van der Waals surface area contributed by atoms with Crippen molar-refractivity contribution >= 4 is 17.7 Å². The molecule has 104 valence electrons. The minimum absolute atomic E-state index is 0.0732. The van der Waals surface area contributed by atoms with Crippen LogP contribution in [0.1, 0.15) is 21.6 Å². The lowest BCUT2D eigenvalue weighted by molar-refractivity contribution is 0.0697. The van der Waals surface area contributed by atoms with Crippen LogP contribution in [-0.2, 0) is 6.54 Å². The highest BCUT2D eigenvalue weighted by molar-refractivity contribution is 6.01. The van der Waals surface area contributed by atoms with E-state index in [-0.39, 0.29) is 17.8 Å². The van der Waals surface area contributed by atoms with Crippen LogP contribution in [0.25, 0.3) is 0 Å².